The van der Waals surface area contributed by atoms with E-state index in [1.54, 1.807) is 23.2 Å². The number of aromatic nitrogens is 2. The molecule has 1 aliphatic rings. The van der Waals surface area contributed by atoms with Crippen LogP contribution in [0, 0.1) is 19.7 Å². The van der Waals surface area contributed by atoms with Gasteiger partial charge in [-0.3, -0.25) is 9.59 Å². The van der Waals surface area contributed by atoms with Crippen molar-refractivity contribution in [2.45, 2.75) is 40.2 Å². The fourth-order valence-corrected chi connectivity index (χ4v) is 3.37. The first kappa shape index (κ1) is 19.9. The van der Waals surface area contributed by atoms with E-state index in [2.05, 4.69) is 10.2 Å². The third-order valence-corrected chi connectivity index (χ3v) is 5.25. The summed E-state index contributed by atoms with van der Waals surface area (Å²) < 4.78 is 14.4. The van der Waals surface area contributed by atoms with Gasteiger partial charge in [-0.15, -0.1) is 0 Å². The van der Waals surface area contributed by atoms with E-state index in [-0.39, 0.29) is 24.1 Å². The summed E-state index contributed by atoms with van der Waals surface area (Å²) in [5.41, 5.74) is 3.62. The second kappa shape index (κ2) is 8.04. The van der Waals surface area contributed by atoms with E-state index < -0.39 is 11.7 Å². The number of benzene rings is 1. The maximum atomic E-state index is 14.4. The molecule has 2 amide bonds. The summed E-state index contributed by atoms with van der Waals surface area (Å²) in [7, 11) is 0. The van der Waals surface area contributed by atoms with E-state index in [1.165, 1.54) is 11.0 Å². The lowest BCUT2D eigenvalue weighted by Gasteiger charge is -2.36. The summed E-state index contributed by atoms with van der Waals surface area (Å²) in [5, 5.41) is 8.14. The van der Waals surface area contributed by atoms with Crippen molar-refractivity contribution < 1.29 is 14.0 Å². The molecule has 0 aliphatic carbocycles. The zero-order chi connectivity index (χ0) is 20.4. The van der Waals surface area contributed by atoms with Crippen LogP contribution >= 0.6 is 0 Å². The molecule has 7 heteroatoms. The molecule has 6 nitrogen and oxygen atoms in total. The summed E-state index contributed by atoms with van der Waals surface area (Å²) >= 11 is 0. The second-order valence-electron chi connectivity index (χ2n) is 7.50. The van der Waals surface area contributed by atoms with E-state index in [0.29, 0.717) is 19.5 Å². The van der Waals surface area contributed by atoms with Crippen LogP contribution in [0.15, 0.2) is 24.4 Å². The Labute approximate surface area is 164 Å². The average molecular weight is 384 g/mol. The molecule has 1 aromatic heterocycles. The second-order valence-corrected chi connectivity index (χ2v) is 7.50. The lowest BCUT2D eigenvalue weighted by Crippen LogP contribution is -2.54. The summed E-state index contributed by atoms with van der Waals surface area (Å²) in [5.74, 6) is -1.15. The summed E-state index contributed by atoms with van der Waals surface area (Å²) in [6.45, 7) is 8.64. The fraction of sp³-hybridized carbons (Fsp3) is 0.429. The molecule has 0 atom stereocenters. The fourth-order valence-electron chi connectivity index (χ4n) is 3.37. The number of halogens is 1. The number of aryl methyl sites for hydroxylation is 1. The Bertz CT molecular complexity index is 913. The number of rotatable bonds is 4. The molecule has 0 bridgehead atoms. The summed E-state index contributed by atoms with van der Waals surface area (Å²) in [6, 6.07) is 4.59. The lowest BCUT2D eigenvalue weighted by molar-refractivity contribution is -0.136. The zero-order valence-corrected chi connectivity index (χ0v) is 16.7. The van der Waals surface area contributed by atoms with Crippen molar-refractivity contribution in [1.29, 1.82) is 0 Å². The van der Waals surface area contributed by atoms with Crippen LogP contribution in [-0.4, -0.2) is 57.5 Å². The minimum Gasteiger partial charge on any atom is -0.337 e. The van der Waals surface area contributed by atoms with Gasteiger partial charge in [-0.05, 0) is 56.5 Å². The minimum atomic E-state index is -0.584. The van der Waals surface area contributed by atoms with E-state index in [4.69, 9.17) is 0 Å². The largest absolute Gasteiger partial charge is 0.337 e. The maximum absolute atomic E-state index is 14.4. The first-order valence-electron chi connectivity index (χ1n) is 9.43. The molecular formula is C21H25FN4O2. The predicted octanol–water partition coefficient (Wildman–Crippen LogP) is 2.52. The van der Waals surface area contributed by atoms with Crippen molar-refractivity contribution in [1.82, 2.24) is 20.0 Å². The van der Waals surface area contributed by atoms with Gasteiger partial charge in [0.2, 0.25) is 5.91 Å². The highest BCUT2D eigenvalue weighted by Gasteiger charge is 2.30. The van der Waals surface area contributed by atoms with Crippen LogP contribution in [0.2, 0.25) is 0 Å². The standard InChI is InChI=1S/C21H25FN4O2/c1-13(2)26-8-7-25(12-20(26)27)21(28)17-9-16(5-6-18(17)22)10-19-15(4)14(3)11-23-24-19/h5-6,9,11,13H,7-8,10,12H2,1-4H3. The molecule has 28 heavy (non-hydrogen) atoms. The van der Waals surface area contributed by atoms with Crippen molar-refractivity contribution in [3.8, 4) is 0 Å². The van der Waals surface area contributed by atoms with Crippen LogP contribution in [0.1, 0.15) is 46.6 Å². The Kier molecular flexibility index (Phi) is 5.72. The van der Waals surface area contributed by atoms with Gasteiger partial charge < -0.3 is 9.80 Å². The Balaban J connectivity index is 1.81. The zero-order valence-electron chi connectivity index (χ0n) is 16.7. The predicted molar refractivity (Wildman–Crippen MR) is 103 cm³/mol. The minimum absolute atomic E-state index is 0.0124. The van der Waals surface area contributed by atoms with Gasteiger partial charge in [0.05, 0.1) is 17.5 Å². The van der Waals surface area contributed by atoms with Gasteiger partial charge in [-0.25, -0.2) is 4.39 Å². The first-order chi connectivity index (χ1) is 13.3. The van der Waals surface area contributed by atoms with Gasteiger partial charge in [-0.2, -0.15) is 10.2 Å². The van der Waals surface area contributed by atoms with Crippen LogP contribution in [-0.2, 0) is 11.2 Å². The Hall–Kier alpha value is -2.83. The maximum Gasteiger partial charge on any atom is 0.257 e. The van der Waals surface area contributed by atoms with Gasteiger partial charge in [0.25, 0.3) is 5.91 Å². The molecular weight excluding hydrogens is 359 g/mol. The molecule has 1 saturated heterocycles. The number of piperazine rings is 1. The highest BCUT2D eigenvalue weighted by Crippen LogP contribution is 2.19. The van der Waals surface area contributed by atoms with Gasteiger partial charge in [0, 0.05) is 25.6 Å². The molecule has 0 N–H and O–H groups in total. The Morgan fingerprint density at radius 3 is 2.68 bits per heavy atom. The quantitative estimate of drug-likeness (QED) is 0.812. The Morgan fingerprint density at radius 1 is 1.25 bits per heavy atom. The van der Waals surface area contributed by atoms with Crippen molar-refractivity contribution in [3.63, 3.8) is 0 Å². The number of nitrogens with zero attached hydrogens (tertiary/aromatic N) is 4. The third-order valence-electron chi connectivity index (χ3n) is 5.25. The van der Waals surface area contributed by atoms with Crippen molar-refractivity contribution in [2.75, 3.05) is 19.6 Å². The average Bonchev–Trinajstić information content (AvgIpc) is 2.66. The van der Waals surface area contributed by atoms with Gasteiger partial charge >= 0.3 is 0 Å². The lowest BCUT2D eigenvalue weighted by atomic mass is 10.0. The van der Waals surface area contributed by atoms with E-state index in [9.17, 15) is 14.0 Å². The molecule has 0 unspecified atom stereocenters. The van der Waals surface area contributed by atoms with Crippen molar-refractivity contribution >= 4 is 11.8 Å². The molecule has 0 radical (unpaired) electrons. The SMILES string of the molecule is Cc1cnnc(Cc2ccc(F)c(C(=O)N3CCN(C(C)C)C(=O)C3)c2)c1C. The topological polar surface area (TPSA) is 66.4 Å². The Morgan fingerprint density at radius 2 is 2.00 bits per heavy atom. The number of carbonyl (C=O) groups is 2. The van der Waals surface area contributed by atoms with Crippen LogP contribution in [0.5, 0.6) is 0 Å². The molecule has 1 aromatic carbocycles. The van der Waals surface area contributed by atoms with Crippen molar-refractivity contribution in [2.24, 2.45) is 0 Å². The van der Waals surface area contributed by atoms with Crippen LogP contribution < -0.4 is 0 Å². The van der Waals surface area contributed by atoms with Crippen molar-refractivity contribution in [3.05, 3.63) is 58.2 Å². The summed E-state index contributed by atoms with van der Waals surface area (Å²) in [6.07, 6.45) is 2.16. The van der Waals surface area contributed by atoms with Gasteiger partial charge in [0.1, 0.15) is 12.4 Å². The smallest absolute Gasteiger partial charge is 0.257 e. The summed E-state index contributed by atoms with van der Waals surface area (Å²) in [4.78, 5) is 28.3. The normalized spacial score (nSPS) is 14.7. The van der Waals surface area contributed by atoms with Gasteiger partial charge in [-0.1, -0.05) is 6.07 Å². The number of carbonyl (C=O) groups excluding carboxylic acids is 2. The molecule has 2 aromatic rings. The van der Waals surface area contributed by atoms with Crippen LogP contribution in [0.3, 0.4) is 0 Å². The third kappa shape index (κ3) is 4.03. The molecule has 1 aliphatic heterocycles. The number of hydrogen-bond acceptors (Lipinski definition) is 4. The van der Waals surface area contributed by atoms with E-state index in [1.807, 2.05) is 27.7 Å². The van der Waals surface area contributed by atoms with Crippen LogP contribution in [0.25, 0.3) is 0 Å². The molecule has 0 spiro atoms. The monoisotopic (exact) mass is 384 g/mol. The molecule has 3 rings (SSSR count). The molecule has 0 saturated carbocycles. The highest BCUT2D eigenvalue weighted by atomic mass is 19.1. The molecule has 148 valence electrons. The van der Waals surface area contributed by atoms with E-state index in [0.717, 1.165) is 22.4 Å². The highest BCUT2D eigenvalue weighted by molar-refractivity contribution is 5.97. The van der Waals surface area contributed by atoms with E-state index >= 15 is 0 Å². The molecule has 2 heterocycles. The number of amides is 2. The first-order valence-corrected chi connectivity index (χ1v) is 9.43. The van der Waals surface area contributed by atoms with Gasteiger partial charge in [0.15, 0.2) is 0 Å². The van der Waals surface area contributed by atoms with Crippen LogP contribution in [0.4, 0.5) is 4.39 Å². The molecule has 1 fully saturated rings. The number of hydrogen-bond donors (Lipinski definition) is 0.